The van der Waals surface area contributed by atoms with E-state index in [9.17, 15) is 0 Å². The lowest BCUT2D eigenvalue weighted by Gasteiger charge is -2.28. The van der Waals surface area contributed by atoms with Crippen LogP contribution in [0, 0.1) is 0 Å². The smallest absolute Gasteiger partial charge is 0.180 e. The summed E-state index contributed by atoms with van der Waals surface area (Å²) >= 11 is 0. The van der Waals surface area contributed by atoms with Crippen LogP contribution in [0.25, 0.3) is 28.2 Å². The standard InChI is InChI=1S/C24H24N6/c25-23-24-27-13-22(16-6-9-20(26-12-16)15-4-2-1-3-5-15)30(24)14-21(29-23)17-10-18-7-8-19(11-17)28-18/h1-6,9,12-14,17-19,28H,7-8,10-11H2,(H2,25,29)/t17-,18-,19+. The number of hydrogen-bond donors (Lipinski definition) is 2. The summed E-state index contributed by atoms with van der Waals surface area (Å²) in [4.78, 5) is 14.0. The van der Waals surface area contributed by atoms with Crippen molar-refractivity contribution in [1.29, 1.82) is 0 Å². The molecule has 0 radical (unpaired) electrons. The molecule has 6 rings (SSSR count). The van der Waals surface area contributed by atoms with Crippen molar-refractivity contribution in [3.63, 3.8) is 0 Å². The highest BCUT2D eigenvalue weighted by molar-refractivity contribution is 5.70. The van der Waals surface area contributed by atoms with Crippen molar-refractivity contribution in [3.05, 3.63) is 66.7 Å². The molecule has 2 aliphatic rings. The van der Waals surface area contributed by atoms with Crippen LogP contribution in [0.3, 0.4) is 0 Å². The zero-order valence-corrected chi connectivity index (χ0v) is 16.7. The largest absolute Gasteiger partial charge is 0.381 e. The Kier molecular flexibility index (Phi) is 4.06. The van der Waals surface area contributed by atoms with Crippen LogP contribution in [0.5, 0.6) is 0 Å². The first-order valence-corrected chi connectivity index (χ1v) is 10.7. The van der Waals surface area contributed by atoms with E-state index in [1.165, 1.54) is 12.8 Å². The van der Waals surface area contributed by atoms with Gasteiger partial charge in [0.15, 0.2) is 11.5 Å². The number of nitrogens with zero attached hydrogens (tertiary/aromatic N) is 4. The van der Waals surface area contributed by atoms with Crippen LogP contribution in [0.2, 0.25) is 0 Å². The molecule has 6 heteroatoms. The van der Waals surface area contributed by atoms with Gasteiger partial charge < -0.3 is 11.1 Å². The van der Waals surface area contributed by atoms with E-state index < -0.39 is 0 Å². The third-order valence-electron chi connectivity index (χ3n) is 6.56. The summed E-state index contributed by atoms with van der Waals surface area (Å²) in [5.74, 6) is 0.947. The summed E-state index contributed by atoms with van der Waals surface area (Å²) < 4.78 is 2.08. The lowest BCUT2D eigenvalue weighted by Crippen LogP contribution is -2.37. The quantitative estimate of drug-likeness (QED) is 0.546. The fourth-order valence-electron chi connectivity index (χ4n) is 5.07. The number of nitrogens with one attached hydrogen (secondary N) is 1. The highest BCUT2D eigenvalue weighted by Gasteiger charge is 2.35. The van der Waals surface area contributed by atoms with Crippen LogP contribution < -0.4 is 11.1 Å². The van der Waals surface area contributed by atoms with E-state index in [1.54, 1.807) is 0 Å². The van der Waals surface area contributed by atoms with Gasteiger partial charge in [0.05, 0.1) is 23.3 Å². The van der Waals surface area contributed by atoms with Crippen molar-refractivity contribution in [3.8, 4) is 22.5 Å². The first kappa shape index (κ1) is 17.6. The minimum absolute atomic E-state index is 0.448. The second kappa shape index (κ2) is 6.92. The predicted molar refractivity (Wildman–Crippen MR) is 118 cm³/mol. The minimum atomic E-state index is 0.448. The third kappa shape index (κ3) is 2.95. The van der Waals surface area contributed by atoms with Crippen molar-refractivity contribution in [2.75, 3.05) is 5.73 Å². The Balaban J connectivity index is 1.38. The molecule has 2 bridgehead atoms. The van der Waals surface area contributed by atoms with E-state index in [0.29, 0.717) is 29.5 Å². The zero-order chi connectivity index (χ0) is 20.1. The second-order valence-electron chi connectivity index (χ2n) is 8.49. The molecule has 3 N–H and O–H groups in total. The molecule has 0 saturated carbocycles. The average molecular weight is 396 g/mol. The lowest BCUT2D eigenvalue weighted by molar-refractivity contribution is 0.358. The van der Waals surface area contributed by atoms with Crippen LogP contribution in [0.4, 0.5) is 5.82 Å². The lowest BCUT2D eigenvalue weighted by atomic mass is 9.90. The Hall–Kier alpha value is -3.25. The van der Waals surface area contributed by atoms with Gasteiger partial charge in [0.1, 0.15) is 0 Å². The van der Waals surface area contributed by atoms with Crippen LogP contribution >= 0.6 is 0 Å². The number of rotatable bonds is 3. The van der Waals surface area contributed by atoms with E-state index in [2.05, 4.69) is 50.1 Å². The summed E-state index contributed by atoms with van der Waals surface area (Å²) in [7, 11) is 0. The number of nitrogen functional groups attached to an aromatic ring is 1. The molecule has 0 spiro atoms. The van der Waals surface area contributed by atoms with Crippen molar-refractivity contribution in [2.45, 2.75) is 43.7 Å². The van der Waals surface area contributed by atoms with Crippen molar-refractivity contribution < 1.29 is 0 Å². The topological polar surface area (TPSA) is 81.1 Å². The normalized spacial score (nSPS) is 23.1. The summed E-state index contributed by atoms with van der Waals surface area (Å²) in [5, 5.41) is 3.71. The number of imidazole rings is 1. The monoisotopic (exact) mass is 396 g/mol. The predicted octanol–water partition coefficient (Wildman–Crippen LogP) is 4.04. The Morgan fingerprint density at radius 2 is 1.70 bits per heavy atom. The molecule has 0 aliphatic carbocycles. The number of anilines is 1. The van der Waals surface area contributed by atoms with Gasteiger partial charge in [0.2, 0.25) is 0 Å². The highest BCUT2D eigenvalue weighted by atomic mass is 15.1. The summed E-state index contributed by atoms with van der Waals surface area (Å²) in [6.45, 7) is 0. The van der Waals surface area contributed by atoms with E-state index >= 15 is 0 Å². The van der Waals surface area contributed by atoms with Crippen molar-refractivity contribution in [2.24, 2.45) is 0 Å². The number of hydrogen-bond acceptors (Lipinski definition) is 5. The van der Waals surface area contributed by atoms with Gasteiger partial charge in [0.25, 0.3) is 0 Å². The molecule has 0 amide bonds. The number of pyridine rings is 1. The Morgan fingerprint density at radius 1 is 0.900 bits per heavy atom. The maximum atomic E-state index is 6.31. The second-order valence-corrected chi connectivity index (χ2v) is 8.49. The number of nitrogens with two attached hydrogens (primary N) is 1. The van der Waals surface area contributed by atoms with Crippen LogP contribution in [-0.4, -0.2) is 31.4 Å². The first-order chi connectivity index (χ1) is 14.7. The maximum Gasteiger partial charge on any atom is 0.180 e. The molecule has 3 atom stereocenters. The van der Waals surface area contributed by atoms with E-state index in [-0.39, 0.29) is 0 Å². The van der Waals surface area contributed by atoms with Gasteiger partial charge in [0, 0.05) is 41.5 Å². The molecule has 2 aliphatic heterocycles. The van der Waals surface area contributed by atoms with E-state index in [4.69, 9.17) is 10.7 Å². The van der Waals surface area contributed by atoms with Gasteiger partial charge in [-0.3, -0.25) is 9.38 Å². The molecule has 150 valence electrons. The van der Waals surface area contributed by atoms with E-state index in [0.717, 1.165) is 41.1 Å². The van der Waals surface area contributed by atoms with Crippen LogP contribution in [0.15, 0.2) is 61.1 Å². The van der Waals surface area contributed by atoms with Gasteiger partial charge in [-0.15, -0.1) is 0 Å². The molecule has 30 heavy (non-hydrogen) atoms. The molecule has 0 unspecified atom stereocenters. The van der Waals surface area contributed by atoms with Crippen LogP contribution in [-0.2, 0) is 0 Å². The molecule has 1 aromatic carbocycles. The van der Waals surface area contributed by atoms with Crippen molar-refractivity contribution >= 4 is 11.5 Å². The Morgan fingerprint density at radius 3 is 2.43 bits per heavy atom. The number of aromatic nitrogens is 4. The third-order valence-corrected chi connectivity index (χ3v) is 6.56. The molecule has 6 nitrogen and oxygen atoms in total. The Bertz CT molecular complexity index is 1190. The molecule has 2 saturated heterocycles. The van der Waals surface area contributed by atoms with Gasteiger partial charge in [-0.25, -0.2) is 9.97 Å². The molecule has 5 heterocycles. The highest BCUT2D eigenvalue weighted by Crippen LogP contribution is 2.37. The van der Waals surface area contributed by atoms with E-state index in [1.807, 2.05) is 30.6 Å². The summed E-state index contributed by atoms with van der Waals surface area (Å²) in [6, 6.07) is 15.6. The molecular formula is C24H24N6. The van der Waals surface area contributed by atoms with Gasteiger partial charge in [-0.1, -0.05) is 30.3 Å². The summed E-state index contributed by atoms with van der Waals surface area (Å²) in [6.07, 6.45) is 10.7. The number of piperidine rings is 1. The fourth-order valence-corrected chi connectivity index (χ4v) is 5.07. The van der Waals surface area contributed by atoms with Gasteiger partial charge in [-0.2, -0.15) is 0 Å². The van der Waals surface area contributed by atoms with Crippen LogP contribution in [0.1, 0.15) is 37.3 Å². The number of fused-ring (bicyclic) bond motifs is 3. The Labute approximate surface area is 175 Å². The zero-order valence-electron chi connectivity index (χ0n) is 16.7. The fraction of sp³-hybridized carbons (Fsp3) is 0.292. The first-order valence-electron chi connectivity index (χ1n) is 10.7. The van der Waals surface area contributed by atoms with Gasteiger partial charge >= 0.3 is 0 Å². The van der Waals surface area contributed by atoms with Crippen molar-refractivity contribution in [1.82, 2.24) is 24.7 Å². The molecule has 3 aromatic heterocycles. The summed E-state index contributed by atoms with van der Waals surface area (Å²) in [5.41, 5.74) is 12.2. The minimum Gasteiger partial charge on any atom is -0.381 e. The SMILES string of the molecule is Nc1nc([C@@H]2C[C@H]3CC[C@@H](C2)N3)cn2c(-c3ccc(-c4ccccc4)nc3)cnc12. The maximum absolute atomic E-state index is 6.31. The molecule has 4 aromatic rings. The molecule has 2 fully saturated rings. The number of benzene rings is 1. The average Bonchev–Trinajstić information content (AvgIpc) is 3.37. The molecular weight excluding hydrogens is 372 g/mol. The van der Waals surface area contributed by atoms with Gasteiger partial charge in [-0.05, 0) is 37.8 Å².